The van der Waals surface area contributed by atoms with Gasteiger partial charge in [0.25, 0.3) is 8.32 Å². The van der Waals surface area contributed by atoms with Gasteiger partial charge < -0.3 is 13.9 Å². The molecular weight excluding hydrogens is 304 g/mol. The van der Waals surface area contributed by atoms with Crippen LogP contribution in [0.2, 0.25) is 16.6 Å². The van der Waals surface area contributed by atoms with Crippen LogP contribution in [-0.4, -0.2) is 28.6 Å². The van der Waals surface area contributed by atoms with Crippen molar-refractivity contribution in [3.63, 3.8) is 0 Å². The van der Waals surface area contributed by atoms with E-state index in [1.807, 2.05) is 18.2 Å². The molecular formula is C19H33O3Si. The standard InChI is InChI=1S/C19H33O3Si/c1-15(2)23(16(3)4,17(5)6)22-19-12-9-8-11-18(19)21-14-10-13-20-7/h9,11-12,15-17H,10,13-14H2,1-7H3. The molecule has 3 nitrogen and oxygen atoms in total. The number of methoxy groups -OCH3 is 1. The van der Waals surface area contributed by atoms with Crippen molar-refractivity contribution < 1.29 is 13.9 Å². The van der Waals surface area contributed by atoms with Gasteiger partial charge in [0, 0.05) is 20.1 Å². The maximum atomic E-state index is 6.74. The van der Waals surface area contributed by atoms with Gasteiger partial charge in [-0.2, -0.15) is 0 Å². The second-order valence-corrected chi connectivity index (χ2v) is 12.4. The molecule has 0 aliphatic heterocycles. The molecule has 23 heavy (non-hydrogen) atoms. The molecule has 1 aromatic carbocycles. The monoisotopic (exact) mass is 337 g/mol. The second-order valence-electron chi connectivity index (χ2n) is 6.99. The van der Waals surface area contributed by atoms with Crippen molar-refractivity contribution in [2.75, 3.05) is 20.3 Å². The van der Waals surface area contributed by atoms with Crippen molar-refractivity contribution in [2.24, 2.45) is 0 Å². The summed E-state index contributed by atoms with van der Waals surface area (Å²) < 4.78 is 17.7. The summed E-state index contributed by atoms with van der Waals surface area (Å²) in [7, 11) is -0.266. The van der Waals surface area contributed by atoms with Crippen LogP contribution in [0.4, 0.5) is 0 Å². The third-order valence-corrected chi connectivity index (χ3v) is 10.5. The van der Waals surface area contributed by atoms with E-state index in [0.717, 1.165) is 17.9 Å². The lowest BCUT2D eigenvalue weighted by Crippen LogP contribution is -2.50. The van der Waals surface area contributed by atoms with Crippen LogP contribution >= 0.6 is 0 Å². The van der Waals surface area contributed by atoms with E-state index < -0.39 is 8.32 Å². The Morgan fingerprint density at radius 1 is 0.957 bits per heavy atom. The zero-order valence-corrected chi connectivity index (χ0v) is 16.8. The zero-order valence-electron chi connectivity index (χ0n) is 15.8. The molecule has 0 fully saturated rings. The van der Waals surface area contributed by atoms with E-state index in [2.05, 4.69) is 47.6 Å². The van der Waals surface area contributed by atoms with Gasteiger partial charge in [0.05, 0.1) is 6.61 Å². The van der Waals surface area contributed by atoms with Gasteiger partial charge in [0.1, 0.15) is 5.75 Å². The fraction of sp³-hybridized carbons (Fsp3) is 0.684. The van der Waals surface area contributed by atoms with Crippen LogP contribution in [0.25, 0.3) is 0 Å². The van der Waals surface area contributed by atoms with Crippen molar-refractivity contribution >= 4 is 8.32 Å². The number of hydrogen-bond acceptors (Lipinski definition) is 3. The van der Waals surface area contributed by atoms with E-state index in [4.69, 9.17) is 13.9 Å². The van der Waals surface area contributed by atoms with Crippen LogP contribution < -0.4 is 9.16 Å². The number of hydrogen-bond donors (Lipinski definition) is 0. The number of rotatable bonds is 10. The van der Waals surface area contributed by atoms with E-state index in [-0.39, 0.29) is 0 Å². The highest BCUT2D eigenvalue weighted by atomic mass is 28.4. The van der Waals surface area contributed by atoms with Crippen LogP contribution in [0.3, 0.4) is 0 Å². The van der Waals surface area contributed by atoms with E-state index >= 15 is 0 Å². The molecule has 0 N–H and O–H groups in total. The molecule has 0 saturated carbocycles. The van der Waals surface area contributed by atoms with Crippen LogP contribution in [0, 0.1) is 6.07 Å². The molecule has 0 atom stereocenters. The highest BCUT2D eigenvalue weighted by molar-refractivity contribution is 6.78. The molecule has 0 heterocycles. The maximum Gasteiger partial charge on any atom is 0.258 e. The molecule has 4 heteroatoms. The molecule has 1 radical (unpaired) electrons. The van der Waals surface area contributed by atoms with Crippen molar-refractivity contribution in [2.45, 2.75) is 64.6 Å². The lowest BCUT2D eigenvalue weighted by atomic mass is 10.3. The fourth-order valence-electron chi connectivity index (χ4n) is 3.53. The molecule has 0 spiro atoms. The first-order chi connectivity index (χ1) is 10.9. The molecule has 1 aromatic rings. The van der Waals surface area contributed by atoms with Gasteiger partial charge in [0.15, 0.2) is 5.75 Å². The summed E-state index contributed by atoms with van der Waals surface area (Å²) in [5, 5.41) is 0. The zero-order chi connectivity index (χ0) is 17.5. The largest absolute Gasteiger partial charge is 0.540 e. The molecule has 131 valence electrons. The summed E-state index contributed by atoms with van der Waals surface area (Å²) in [5.74, 6) is 1.66. The topological polar surface area (TPSA) is 27.7 Å². The third kappa shape index (κ3) is 4.98. The van der Waals surface area contributed by atoms with Gasteiger partial charge in [-0.05, 0) is 34.8 Å². The average molecular weight is 338 g/mol. The van der Waals surface area contributed by atoms with E-state index in [0.29, 0.717) is 29.8 Å². The lowest BCUT2D eigenvalue weighted by Gasteiger charge is -2.42. The summed E-state index contributed by atoms with van der Waals surface area (Å²) in [5.41, 5.74) is 1.61. The SMILES string of the molecule is COCCCOc1c[c]ccc1O[Si](C(C)C)(C(C)C)C(C)C. The number of ether oxygens (including phenoxy) is 2. The summed E-state index contributed by atoms with van der Waals surface area (Å²) in [6.07, 6.45) is 0.867. The van der Waals surface area contributed by atoms with Crippen molar-refractivity contribution in [1.29, 1.82) is 0 Å². The quantitative estimate of drug-likeness (QED) is 0.419. The van der Waals surface area contributed by atoms with Gasteiger partial charge in [-0.15, -0.1) is 0 Å². The Morgan fingerprint density at radius 2 is 1.57 bits per heavy atom. The molecule has 0 saturated heterocycles. The minimum atomic E-state index is -1.97. The predicted molar refractivity (Wildman–Crippen MR) is 98.9 cm³/mol. The molecule has 0 unspecified atom stereocenters. The minimum absolute atomic E-state index is 0.535. The predicted octanol–water partition coefficient (Wildman–Crippen LogP) is 5.46. The van der Waals surface area contributed by atoms with Gasteiger partial charge in [-0.3, -0.25) is 0 Å². The Bertz CT molecular complexity index is 436. The van der Waals surface area contributed by atoms with Crippen molar-refractivity contribution in [3.8, 4) is 11.5 Å². The van der Waals surface area contributed by atoms with Gasteiger partial charge >= 0.3 is 0 Å². The van der Waals surface area contributed by atoms with Gasteiger partial charge in [0.2, 0.25) is 0 Å². The fourth-order valence-corrected chi connectivity index (χ4v) is 8.78. The Kier molecular flexibility index (Phi) is 8.13. The molecule has 0 aliphatic carbocycles. The first-order valence-corrected chi connectivity index (χ1v) is 10.8. The van der Waals surface area contributed by atoms with Crippen LogP contribution in [0.15, 0.2) is 18.2 Å². The van der Waals surface area contributed by atoms with E-state index in [1.54, 1.807) is 7.11 Å². The molecule has 0 aliphatic rings. The highest BCUT2D eigenvalue weighted by Crippen LogP contribution is 2.44. The van der Waals surface area contributed by atoms with Gasteiger partial charge in [-0.1, -0.05) is 47.6 Å². The summed E-state index contributed by atoms with van der Waals surface area (Å²) in [6.45, 7) is 15.1. The van der Waals surface area contributed by atoms with E-state index in [1.165, 1.54) is 0 Å². The summed E-state index contributed by atoms with van der Waals surface area (Å²) >= 11 is 0. The minimum Gasteiger partial charge on any atom is -0.540 e. The Labute approximate surface area is 143 Å². The van der Waals surface area contributed by atoms with E-state index in [9.17, 15) is 0 Å². The smallest absolute Gasteiger partial charge is 0.258 e. The summed E-state index contributed by atoms with van der Waals surface area (Å²) in [6, 6.07) is 8.86. The van der Waals surface area contributed by atoms with Gasteiger partial charge in [-0.25, -0.2) is 0 Å². The number of benzene rings is 1. The first kappa shape index (κ1) is 20.0. The average Bonchev–Trinajstić information content (AvgIpc) is 2.49. The Morgan fingerprint density at radius 3 is 2.09 bits per heavy atom. The highest BCUT2D eigenvalue weighted by Gasteiger charge is 2.47. The lowest BCUT2D eigenvalue weighted by molar-refractivity contribution is 0.171. The third-order valence-electron chi connectivity index (χ3n) is 4.53. The molecule has 0 aromatic heterocycles. The summed E-state index contributed by atoms with van der Waals surface area (Å²) in [4.78, 5) is 0. The Hall–Kier alpha value is -1.00. The van der Waals surface area contributed by atoms with Crippen LogP contribution in [0.1, 0.15) is 48.0 Å². The first-order valence-electron chi connectivity index (χ1n) is 8.67. The molecule has 1 rings (SSSR count). The Balaban J connectivity index is 3.00. The molecule has 0 amide bonds. The van der Waals surface area contributed by atoms with Crippen LogP contribution in [0.5, 0.6) is 11.5 Å². The van der Waals surface area contributed by atoms with Crippen molar-refractivity contribution in [1.82, 2.24) is 0 Å². The maximum absolute atomic E-state index is 6.74. The van der Waals surface area contributed by atoms with Crippen molar-refractivity contribution in [3.05, 3.63) is 24.3 Å². The second kappa shape index (κ2) is 9.33. The normalized spacial score (nSPS) is 12.3. The van der Waals surface area contributed by atoms with Crippen LogP contribution in [-0.2, 0) is 4.74 Å². The molecule has 0 bridgehead atoms.